The summed E-state index contributed by atoms with van der Waals surface area (Å²) in [6, 6.07) is 25.0. The normalized spacial score (nSPS) is 17.1. The fourth-order valence-corrected chi connectivity index (χ4v) is 6.39. The molecule has 6 heteroatoms. The zero-order valence-electron chi connectivity index (χ0n) is 19.2. The van der Waals surface area contributed by atoms with Gasteiger partial charge >= 0.3 is 0 Å². The van der Waals surface area contributed by atoms with Gasteiger partial charge in [0.25, 0.3) is 0 Å². The Morgan fingerprint density at radius 2 is 1.71 bits per heavy atom. The van der Waals surface area contributed by atoms with Crippen molar-refractivity contribution in [2.24, 2.45) is 0 Å². The molecule has 0 aliphatic carbocycles. The Morgan fingerprint density at radius 3 is 2.56 bits per heavy atom. The van der Waals surface area contributed by atoms with E-state index >= 15 is 0 Å². The van der Waals surface area contributed by atoms with Gasteiger partial charge in [0.05, 0.1) is 24.8 Å². The smallest absolute Gasteiger partial charge is 0.245 e. The van der Waals surface area contributed by atoms with Gasteiger partial charge in [-0.15, -0.1) is 0 Å². The van der Waals surface area contributed by atoms with Crippen molar-refractivity contribution >= 4 is 20.9 Å². The first-order chi connectivity index (χ1) is 16.6. The fraction of sp³-hybridized carbons (Fsp3) is 0.250. The highest BCUT2D eigenvalue weighted by Crippen LogP contribution is 2.30. The van der Waals surface area contributed by atoms with Crippen LogP contribution in [0.1, 0.15) is 29.2 Å². The van der Waals surface area contributed by atoms with Gasteiger partial charge in [0.15, 0.2) is 0 Å². The summed E-state index contributed by atoms with van der Waals surface area (Å²) in [5, 5.41) is 0.805. The summed E-state index contributed by atoms with van der Waals surface area (Å²) in [6.45, 7) is 3.22. The molecule has 0 N–H and O–H groups in total. The van der Waals surface area contributed by atoms with E-state index in [0.29, 0.717) is 31.7 Å². The Kier molecular flexibility index (Phi) is 6.46. The van der Waals surface area contributed by atoms with Crippen LogP contribution in [0.4, 0.5) is 0 Å². The quantitative estimate of drug-likeness (QED) is 0.404. The molecule has 0 amide bonds. The molecule has 1 atom stereocenters. The molecule has 4 aromatic rings. The van der Waals surface area contributed by atoms with E-state index < -0.39 is 10.0 Å². The highest BCUT2D eigenvalue weighted by Gasteiger charge is 2.35. The molecule has 0 saturated carbocycles. The summed E-state index contributed by atoms with van der Waals surface area (Å²) in [5.74, 6) is 0. The molecule has 0 spiro atoms. The highest BCUT2D eigenvalue weighted by molar-refractivity contribution is 7.89. The van der Waals surface area contributed by atoms with Crippen molar-refractivity contribution in [3.05, 3.63) is 107 Å². The predicted molar refractivity (Wildman–Crippen MR) is 134 cm³/mol. The second kappa shape index (κ2) is 9.66. The molecule has 1 unspecified atom stereocenters. The first-order valence-electron chi connectivity index (χ1n) is 11.6. The van der Waals surface area contributed by atoms with Crippen LogP contribution in [0.25, 0.3) is 10.9 Å². The lowest BCUT2D eigenvalue weighted by Crippen LogP contribution is -2.45. The topological polar surface area (TPSA) is 59.5 Å². The van der Waals surface area contributed by atoms with Crippen LogP contribution in [0.2, 0.25) is 0 Å². The van der Waals surface area contributed by atoms with E-state index in [0.717, 1.165) is 28.5 Å². The number of aromatic nitrogens is 1. The maximum Gasteiger partial charge on any atom is 0.245 e. The SMILES string of the molecule is CCc1cccc(CC2COCc3ccccc3CN2S(=O)(=O)c2cccc3cccnc23)c1. The molecular formula is C28H28N2O3S. The second-order valence-electron chi connectivity index (χ2n) is 8.70. The molecule has 0 radical (unpaired) electrons. The van der Waals surface area contributed by atoms with Crippen LogP contribution >= 0.6 is 0 Å². The molecule has 0 fully saturated rings. The number of aryl methyl sites for hydroxylation is 1. The third-order valence-electron chi connectivity index (χ3n) is 6.47. The molecule has 0 bridgehead atoms. The van der Waals surface area contributed by atoms with Crippen molar-refractivity contribution in [2.45, 2.75) is 43.9 Å². The molecule has 34 heavy (non-hydrogen) atoms. The van der Waals surface area contributed by atoms with Crippen LogP contribution in [-0.2, 0) is 40.8 Å². The van der Waals surface area contributed by atoms with Crippen molar-refractivity contribution in [1.82, 2.24) is 9.29 Å². The van der Waals surface area contributed by atoms with Gasteiger partial charge in [-0.1, -0.05) is 73.7 Å². The maximum absolute atomic E-state index is 14.2. The van der Waals surface area contributed by atoms with Crippen LogP contribution in [0.15, 0.2) is 90.0 Å². The van der Waals surface area contributed by atoms with E-state index in [2.05, 4.69) is 30.1 Å². The predicted octanol–water partition coefficient (Wildman–Crippen LogP) is 5.13. The van der Waals surface area contributed by atoms with E-state index in [4.69, 9.17) is 4.74 Å². The third kappa shape index (κ3) is 4.49. The fourth-order valence-electron chi connectivity index (χ4n) is 4.64. The van der Waals surface area contributed by atoms with Gasteiger partial charge in [-0.3, -0.25) is 4.98 Å². The third-order valence-corrected chi connectivity index (χ3v) is 8.40. The lowest BCUT2D eigenvalue weighted by Gasteiger charge is -2.33. The maximum atomic E-state index is 14.2. The Morgan fingerprint density at radius 1 is 0.941 bits per heavy atom. The Balaban J connectivity index is 1.61. The number of benzene rings is 3. The molecule has 1 aliphatic rings. The van der Waals surface area contributed by atoms with E-state index in [1.807, 2.05) is 48.5 Å². The summed E-state index contributed by atoms with van der Waals surface area (Å²) >= 11 is 0. The van der Waals surface area contributed by atoms with E-state index in [9.17, 15) is 8.42 Å². The van der Waals surface area contributed by atoms with Crippen molar-refractivity contribution in [1.29, 1.82) is 0 Å². The number of para-hydroxylation sites is 1. The summed E-state index contributed by atoms with van der Waals surface area (Å²) in [4.78, 5) is 4.66. The number of fused-ring (bicyclic) bond motifs is 2. The minimum Gasteiger partial charge on any atom is -0.375 e. The molecule has 5 rings (SSSR count). The van der Waals surface area contributed by atoms with Gasteiger partial charge in [-0.2, -0.15) is 4.31 Å². The molecule has 1 aromatic heterocycles. The minimum absolute atomic E-state index is 0.232. The lowest BCUT2D eigenvalue weighted by molar-refractivity contribution is 0.0674. The number of pyridine rings is 1. The zero-order valence-corrected chi connectivity index (χ0v) is 20.0. The number of hydrogen-bond donors (Lipinski definition) is 0. The number of hydrogen-bond acceptors (Lipinski definition) is 4. The van der Waals surface area contributed by atoms with Gasteiger partial charge in [0, 0.05) is 18.1 Å². The summed E-state index contributed by atoms with van der Waals surface area (Å²) in [6.07, 6.45) is 3.15. The first-order valence-corrected chi connectivity index (χ1v) is 13.1. The minimum atomic E-state index is -3.87. The molecule has 174 valence electrons. The Hall–Kier alpha value is -3.06. The lowest BCUT2D eigenvalue weighted by atomic mass is 10.0. The van der Waals surface area contributed by atoms with E-state index in [1.54, 1.807) is 22.6 Å². The number of ether oxygens (including phenoxy) is 1. The van der Waals surface area contributed by atoms with Crippen molar-refractivity contribution in [2.75, 3.05) is 6.61 Å². The average molecular weight is 473 g/mol. The highest BCUT2D eigenvalue weighted by atomic mass is 32.2. The molecule has 0 saturated heterocycles. The Labute approximate surface area is 201 Å². The van der Waals surface area contributed by atoms with Gasteiger partial charge in [-0.05, 0) is 47.2 Å². The largest absolute Gasteiger partial charge is 0.375 e. The number of rotatable bonds is 5. The van der Waals surface area contributed by atoms with Gasteiger partial charge in [-0.25, -0.2) is 8.42 Å². The summed E-state index contributed by atoms with van der Waals surface area (Å²) in [5.41, 5.74) is 4.82. The monoisotopic (exact) mass is 472 g/mol. The molecular weight excluding hydrogens is 444 g/mol. The molecule has 1 aliphatic heterocycles. The summed E-state index contributed by atoms with van der Waals surface area (Å²) < 4.78 is 36.1. The van der Waals surface area contributed by atoms with Crippen molar-refractivity contribution < 1.29 is 13.2 Å². The molecule has 2 heterocycles. The van der Waals surface area contributed by atoms with Gasteiger partial charge in [0.1, 0.15) is 4.90 Å². The van der Waals surface area contributed by atoms with E-state index in [1.165, 1.54) is 5.56 Å². The average Bonchev–Trinajstić information content (AvgIpc) is 2.85. The van der Waals surface area contributed by atoms with E-state index in [-0.39, 0.29) is 10.9 Å². The van der Waals surface area contributed by atoms with Crippen LogP contribution in [0.3, 0.4) is 0 Å². The second-order valence-corrected chi connectivity index (χ2v) is 10.6. The summed E-state index contributed by atoms with van der Waals surface area (Å²) in [7, 11) is -3.87. The van der Waals surface area contributed by atoms with Crippen LogP contribution in [0.5, 0.6) is 0 Å². The van der Waals surface area contributed by atoms with Crippen molar-refractivity contribution in [3.8, 4) is 0 Å². The van der Waals surface area contributed by atoms with Crippen LogP contribution in [0, 0.1) is 0 Å². The number of nitrogens with zero attached hydrogens (tertiary/aromatic N) is 2. The van der Waals surface area contributed by atoms with Gasteiger partial charge < -0.3 is 4.74 Å². The molecule has 3 aromatic carbocycles. The first kappa shape index (κ1) is 22.7. The Bertz CT molecular complexity index is 1410. The standard InChI is InChI=1S/C28H28N2O3S/c1-2-21-8-5-9-22(16-21)17-26-20-33-19-25-11-4-3-10-24(25)18-30(26)34(31,32)27-14-6-12-23-13-7-15-29-28(23)27/h3-16,26H,2,17-20H2,1H3. The van der Waals surface area contributed by atoms with Crippen LogP contribution in [-0.4, -0.2) is 30.4 Å². The zero-order chi connectivity index (χ0) is 23.5. The van der Waals surface area contributed by atoms with Crippen molar-refractivity contribution in [3.63, 3.8) is 0 Å². The van der Waals surface area contributed by atoms with Gasteiger partial charge in [0.2, 0.25) is 10.0 Å². The number of sulfonamides is 1. The van der Waals surface area contributed by atoms with Crippen LogP contribution < -0.4 is 0 Å². The molecule has 5 nitrogen and oxygen atoms in total.